The molecule has 19 heavy (non-hydrogen) atoms. The number of sulfonamides is 1. The zero-order valence-corrected chi connectivity index (χ0v) is 12.0. The number of amides is 1. The monoisotopic (exact) mass is 286 g/mol. The molecule has 1 rings (SSSR count). The van der Waals surface area contributed by atoms with Gasteiger partial charge in [0.25, 0.3) is 10.0 Å². The third kappa shape index (κ3) is 4.53. The number of benzene rings is 1. The number of hydrogen-bond donors (Lipinski definition) is 2. The summed E-state index contributed by atoms with van der Waals surface area (Å²) in [6.45, 7) is 5.82. The van der Waals surface area contributed by atoms with Crippen molar-refractivity contribution in [2.45, 2.75) is 31.6 Å². The molecule has 0 bridgehead atoms. The molecule has 1 amide bonds. The van der Waals surface area contributed by atoms with Crippen LogP contribution in [0.25, 0.3) is 0 Å². The second-order valence-electron chi connectivity index (χ2n) is 4.17. The summed E-state index contributed by atoms with van der Waals surface area (Å²) < 4.78 is 28.2. The van der Waals surface area contributed by atoms with Crippen LogP contribution in [0, 0.1) is 0 Å². The van der Waals surface area contributed by atoms with Crippen molar-refractivity contribution >= 4 is 16.1 Å². The lowest BCUT2D eigenvalue weighted by Gasteiger charge is -2.09. The molecule has 1 aromatic rings. The van der Waals surface area contributed by atoms with Gasteiger partial charge in [-0.2, -0.15) is 0 Å². The van der Waals surface area contributed by atoms with Crippen molar-refractivity contribution in [2.24, 2.45) is 0 Å². The zero-order chi connectivity index (χ0) is 14.5. The van der Waals surface area contributed by atoms with Crippen LogP contribution < -0.4 is 10.3 Å². The van der Waals surface area contributed by atoms with E-state index in [1.807, 2.05) is 24.1 Å². The Kier molecular flexibility index (Phi) is 5.31. The summed E-state index contributed by atoms with van der Waals surface area (Å²) in [5, 5.41) is 0. The SMILES string of the molecule is CCOC(=O)NNS(=O)(=O)c1ccc(C(C)C)cc1. The van der Waals surface area contributed by atoms with Gasteiger partial charge in [-0.05, 0) is 30.5 Å². The minimum Gasteiger partial charge on any atom is -0.449 e. The number of hydrogen-bond acceptors (Lipinski definition) is 4. The molecule has 6 nitrogen and oxygen atoms in total. The average Bonchev–Trinajstić information content (AvgIpc) is 2.37. The summed E-state index contributed by atoms with van der Waals surface area (Å²) in [6.07, 6.45) is -0.843. The number of rotatable bonds is 5. The van der Waals surface area contributed by atoms with E-state index >= 15 is 0 Å². The molecule has 0 aliphatic rings. The van der Waals surface area contributed by atoms with Gasteiger partial charge in [-0.25, -0.2) is 18.6 Å². The van der Waals surface area contributed by atoms with E-state index in [-0.39, 0.29) is 11.5 Å². The molecule has 0 aromatic heterocycles. The fourth-order valence-corrected chi connectivity index (χ4v) is 2.20. The highest BCUT2D eigenvalue weighted by molar-refractivity contribution is 7.89. The zero-order valence-electron chi connectivity index (χ0n) is 11.1. The largest absolute Gasteiger partial charge is 0.449 e. The first-order valence-electron chi connectivity index (χ1n) is 5.91. The highest BCUT2D eigenvalue weighted by atomic mass is 32.2. The second-order valence-corrected chi connectivity index (χ2v) is 5.86. The van der Waals surface area contributed by atoms with Gasteiger partial charge in [0.15, 0.2) is 0 Å². The summed E-state index contributed by atoms with van der Waals surface area (Å²) >= 11 is 0. The van der Waals surface area contributed by atoms with E-state index in [0.29, 0.717) is 5.92 Å². The van der Waals surface area contributed by atoms with Gasteiger partial charge in [0, 0.05) is 0 Å². The quantitative estimate of drug-likeness (QED) is 0.808. The molecule has 7 heteroatoms. The van der Waals surface area contributed by atoms with Crippen LogP contribution in [0.2, 0.25) is 0 Å². The predicted octanol–water partition coefficient (Wildman–Crippen LogP) is 1.75. The Morgan fingerprint density at radius 2 is 1.84 bits per heavy atom. The van der Waals surface area contributed by atoms with Crippen LogP contribution >= 0.6 is 0 Å². The molecule has 0 radical (unpaired) electrons. The maximum Gasteiger partial charge on any atom is 0.422 e. The number of carbonyl (C=O) groups is 1. The first kappa shape index (κ1) is 15.5. The molecule has 0 aliphatic heterocycles. The fraction of sp³-hybridized carbons (Fsp3) is 0.417. The van der Waals surface area contributed by atoms with Gasteiger partial charge in [0.1, 0.15) is 0 Å². The fourth-order valence-electron chi connectivity index (χ4n) is 1.37. The van der Waals surface area contributed by atoms with Crippen molar-refractivity contribution in [1.82, 2.24) is 10.3 Å². The van der Waals surface area contributed by atoms with Gasteiger partial charge < -0.3 is 4.74 Å². The molecule has 2 N–H and O–H groups in total. The number of nitrogens with one attached hydrogen (secondary N) is 2. The van der Waals surface area contributed by atoms with Gasteiger partial charge >= 0.3 is 6.09 Å². The first-order valence-corrected chi connectivity index (χ1v) is 7.39. The van der Waals surface area contributed by atoms with Gasteiger partial charge in [-0.15, -0.1) is 4.83 Å². The van der Waals surface area contributed by atoms with Crippen molar-refractivity contribution in [1.29, 1.82) is 0 Å². The van der Waals surface area contributed by atoms with Gasteiger partial charge in [0.05, 0.1) is 11.5 Å². The minimum absolute atomic E-state index is 0.0775. The summed E-state index contributed by atoms with van der Waals surface area (Å²) in [5.41, 5.74) is 3.00. The van der Waals surface area contributed by atoms with Crippen LogP contribution in [0.5, 0.6) is 0 Å². The molecule has 106 valence electrons. The lowest BCUT2D eigenvalue weighted by atomic mass is 10.0. The van der Waals surface area contributed by atoms with E-state index in [9.17, 15) is 13.2 Å². The standard InChI is InChI=1S/C12H18N2O4S/c1-4-18-12(15)13-14-19(16,17)11-7-5-10(6-8-11)9(2)3/h5-9,14H,4H2,1-3H3,(H,13,15). The highest BCUT2D eigenvalue weighted by Crippen LogP contribution is 2.16. The van der Waals surface area contributed by atoms with Crippen molar-refractivity contribution in [3.05, 3.63) is 29.8 Å². The predicted molar refractivity (Wildman–Crippen MR) is 71.0 cm³/mol. The molecule has 1 aromatic carbocycles. The van der Waals surface area contributed by atoms with Crippen LogP contribution in [-0.4, -0.2) is 21.1 Å². The summed E-state index contributed by atoms with van der Waals surface area (Å²) in [4.78, 5) is 13.0. The van der Waals surface area contributed by atoms with Gasteiger partial charge in [-0.3, -0.25) is 0 Å². The second kappa shape index (κ2) is 6.53. The third-order valence-corrected chi connectivity index (χ3v) is 3.68. The lowest BCUT2D eigenvalue weighted by Crippen LogP contribution is -2.41. The Bertz CT molecular complexity index is 523. The summed E-state index contributed by atoms with van der Waals surface area (Å²) in [6, 6.07) is 6.46. The molecule has 0 spiro atoms. The molecule has 0 heterocycles. The van der Waals surface area contributed by atoms with E-state index in [4.69, 9.17) is 0 Å². The van der Waals surface area contributed by atoms with Crippen LogP contribution in [-0.2, 0) is 14.8 Å². The maximum absolute atomic E-state index is 11.8. The Morgan fingerprint density at radius 1 is 1.26 bits per heavy atom. The Morgan fingerprint density at radius 3 is 2.32 bits per heavy atom. The molecule has 0 unspecified atom stereocenters. The van der Waals surface area contributed by atoms with Crippen molar-refractivity contribution < 1.29 is 17.9 Å². The number of carbonyl (C=O) groups excluding carboxylic acids is 1. The van der Waals surface area contributed by atoms with Crippen LogP contribution in [0.4, 0.5) is 4.79 Å². The summed E-state index contributed by atoms with van der Waals surface area (Å²) in [7, 11) is -3.78. The Balaban J connectivity index is 2.74. The van der Waals surface area contributed by atoms with Crippen molar-refractivity contribution in [3.63, 3.8) is 0 Å². The minimum atomic E-state index is -3.78. The van der Waals surface area contributed by atoms with Gasteiger partial charge in [0.2, 0.25) is 0 Å². The van der Waals surface area contributed by atoms with Crippen molar-refractivity contribution in [2.75, 3.05) is 6.61 Å². The molecule has 0 aliphatic carbocycles. The van der Waals surface area contributed by atoms with Crippen LogP contribution in [0.3, 0.4) is 0 Å². The lowest BCUT2D eigenvalue weighted by molar-refractivity contribution is 0.150. The molecule has 0 fully saturated rings. The molecular weight excluding hydrogens is 268 g/mol. The van der Waals surface area contributed by atoms with Crippen LogP contribution in [0.1, 0.15) is 32.3 Å². The van der Waals surface area contributed by atoms with E-state index in [2.05, 4.69) is 4.74 Å². The van der Waals surface area contributed by atoms with E-state index < -0.39 is 16.1 Å². The first-order chi connectivity index (χ1) is 8.86. The number of ether oxygens (including phenoxy) is 1. The van der Waals surface area contributed by atoms with Gasteiger partial charge in [-0.1, -0.05) is 26.0 Å². The third-order valence-electron chi connectivity index (χ3n) is 2.42. The molecule has 0 saturated carbocycles. The Labute approximate surface area is 113 Å². The van der Waals surface area contributed by atoms with E-state index in [0.717, 1.165) is 5.56 Å². The van der Waals surface area contributed by atoms with Crippen molar-refractivity contribution in [3.8, 4) is 0 Å². The van der Waals surface area contributed by atoms with Crippen LogP contribution in [0.15, 0.2) is 29.2 Å². The van der Waals surface area contributed by atoms with E-state index in [1.54, 1.807) is 19.1 Å². The molecular formula is C12H18N2O4S. The average molecular weight is 286 g/mol. The molecule has 0 saturated heterocycles. The maximum atomic E-state index is 11.8. The normalized spacial score (nSPS) is 11.4. The smallest absolute Gasteiger partial charge is 0.422 e. The number of hydrazine groups is 1. The topological polar surface area (TPSA) is 84.5 Å². The Hall–Kier alpha value is -1.60. The summed E-state index contributed by atoms with van der Waals surface area (Å²) in [5.74, 6) is 0.322. The highest BCUT2D eigenvalue weighted by Gasteiger charge is 2.15. The van der Waals surface area contributed by atoms with E-state index in [1.165, 1.54) is 12.1 Å². The molecule has 0 atom stereocenters.